The van der Waals surface area contributed by atoms with Gasteiger partial charge in [-0.2, -0.15) is 5.10 Å². The second-order valence-electron chi connectivity index (χ2n) is 3.02. The minimum atomic E-state index is -0.153. The molecule has 0 saturated heterocycles. The van der Waals surface area contributed by atoms with Gasteiger partial charge in [-0.3, -0.25) is 9.48 Å². The van der Waals surface area contributed by atoms with Gasteiger partial charge in [0.05, 0.1) is 6.20 Å². The summed E-state index contributed by atoms with van der Waals surface area (Å²) in [5.74, 6) is -0.153. The van der Waals surface area contributed by atoms with Crippen LogP contribution in [0.4, 0.5) is 0 Å². The number of amides is 1. The third kappa shape index (κ3) is 4.60. The van der Waals surface area contributed by atoms with Gasteiger partial charge >= 0.3 is 0 Å². The number of hydrogen-bond acceptors (Lipinski definition) is 2. The molecule has 1 amide bonds. The smallest absolute Gasteiger partial charge is 0.244 e. The van der Waals surface area contributed by atoms with Crippen molar-refractivity contribution in [1.82, 2.24) is 15.1 Å². The Morgan fingerprint density at radius 1 is 1.80 bits per heavy atom. The lowest BCUT2D eigenvalue weighted by atomic mass is 10.3. The monoisotopic (exact) mass is 269 g/mol. The van der Waals surface area contributed by atoms with E-state index in [1.807, 2.05) is 13.2 Å². The third-order valence-corrected chi connectivity index (χ3v) is 1.89. The Morgan fingerprint density at radius 3 is 3.07 bits per heavy atom. The highest BCUT2D eigenvalue weighted by atomic mass is 79.9. The van der Waals surface area contributed by atoms with Crippen molar-refractivity contribution < 1.29 is 4.79 Å². The summed E-state index contributed by atoms with van der Waals surface area (Å²) in [7, 11) is 1.83. The zero-order valence-electron chi connectivity index (χ0n) is 8.40. The Balaban J connectivity index is 2.44. The largest absolute Gasteiger partial charge is 0.348 e. The Morgan fingerprint density at radius 2 is 2.53 bits per heavy atom. The quantitative estimate of drug-likeness (QED) is 0.842. The van der Waals surface area contributed by atoms with Crippen LogP contribution in [-0.4, -0.2) is 22.2 Å². The number of nitrogens with zero attached hydrogens (tertiary/aromatic N) is 2. The van der Waals surface area contributed by atoms with Crippen molar-refractivity contribution in [2.45, 2.75) is 0 Å². The molecule has 0 aliphatic rings. The SMILES string of the molecule is C=C(Br)CNC(=O)/C=C/c1cnn(C)c1. The zero-order valence-corrected chi connectivity index (χ0v) is 9.99. The van der Waals surface area contributed by atoms with E-state index in [1.165, 1.54) is 6.08 Å². The number of carbonyl (C=O) groups is 1. The predicted molar refractivity (Wildman–Crippen MR) is 63.3 cm³/mol. The molecule has 1 N–H and O–H groups in total. The highest BCUT2D eigenvalue weighted by Crippen LogP contribution is 1.99. The maximum absolute atomic E-state index is 11.2. The van der Waals surface area contributed by atoms with E-state index < -0.39 is 0 Å². The molecule has 4 nitrogen and oxygen atoms in total. The summed E-state index contributed by atoms with van der Waals surface area (Å²) < 4.78 is 2.42. The van der Waals surface area contributed by atoms with Gasteiger partial charge in [0.1, 0.15) is 0 Å². The second kappa shape index (κ2) is 5.50. The molecule has 80 valence electrons. The Hall–Kier alpha value is -1.36. The van der Waals surface area contributed by atoms with Gasteiger partial charge in [-0.15, -0.1) is 0 Å². The first-order chi connectivity index (χ1) is 7.08. The van der Waals surface area contributed by atoms with Crippen LogP contribution in [0.2, 0.25) is 0 Å². The minimum Gasteiger partial charge on any atom is -0.348 e. The summed E-state index contributed by atoms with van der Waals surface area (Å²) in [6.45, 7) is 4.04. The molecule has 0 unspecified atom stereocenters. The molecular weight excluding hydrogens is 258 g/mol. The van der Waals surface area contributed by atoms with Crippen LogP contribution in [0, 0.1) is 0 Å². The van der Waals surface area contributed by atoms with Gasteiger partial charge in [0.25, 0.3) is 0 Å². The van der Waals surface area contributed by atoms with E-state index in [0.717, 1.165) is 10.0 Å². The number of nitrogens with one attached hydrogen (secondary N) is 1. The Labute approximate surface area is 96.8 Å². The van der Waals surface area contributed by atoms with Gasteiger partial charge in [-0.05, 0) is 6.08 Å². The van der Waals surface area contributed by atoms with Gasteiger partial charge in [-0.25, -0.2) is 0 Å². The highest BCUT2D eigenvalue weighted by molar-refractivity contribution is 9.11. The summed E-state index contributed by atoms with van der Waals surface area (Å²) in [6.07, 6.45) is 6.69. The van der Waals surface area contributed by atoms with Crippen molar-refractivity contribution in [2.24, 2.45) is 7.05 Å². The van der Waals surface area contributed by atoms with Crippen molar-refractivity contribution in [3.63, 3.8) is 0 Å². The second-order valence-corrected chi connectivity index (χ2v) is 4.14. The van der Waals surface area contributed by atoms with Crippen molar-refractivity contribution in [3.05, 3.63) is 35.1 Å². The van der Waals surface area contributed by atoms with E-state index in [4.69, 9.17) is 0 Å². The molecule has 1 rings (SSSR count). The lowest BCUT2D eigenvalue weighted by molar-refractivity contribution is -0.116. The first kappa shape index (κ1) is 11.7. The van der Waals surface area contributed by atoms with Crippen LogP contribution in [0.15, 0.2) is 29.5 Å². The number of carbonyl (C=O) groups excluding carboxylic acids is 1. The molecule has 0 aromatic carbocycles. The standard InChI is InChI=1S/C10H12BrN3O/c1-8(11)5-12-10(15)4-3-9-6-13-14(2)7-9/h3-4,6-7H,1,5H2,2H3,(H,12,15)/b4-3+. The molecule has 0 fully saturated rings. The molecule has 15 heavy (non-hydrogen) atoms. The molecule has 0 aliphatic heterocycles. The van der Waals surface area contributed by atoms with E-state index in [-0.39, 0.29) is 5.91 Å². The van der Waals surface area contributed by atoms with Crippen molar-refractivity contribution >= 4 is 27.9 Å². The molecule has 1 heterocycles. The summed E-state index contributed by atoms with van der Waals surface area (Å²) in [4.78, 5) is 11.2. The maximum Gasteiger partial charge on any atom is 0.244 e. The van der Waals surface area contributed by atoms with Crippen LogP contribution in [0.3, 0.4) is 0 Å². The van der Waals surface area contributed by atoms with Crippen LogP contribution in [0.1, 0.15) is 5.56 Å². The fraction of sp³-hybridized carbons (Fsp3) is 0.200. The fourth-order valence-corrected chi connectivity index (χ4v) is 1.08. The van der Waals surface area contributed by atoms with Gasteiger partial charge in [0.15, 0.2) is 0 Å². The molecule has 1 aromatic rings. The topological polar surface area (TPSA) is 46.9 Å². The number of aromatic nitrogens is 2. The molecule has 0 spiro atoms. The Bertz CT molecular complexity index is 395. The van der Waals surface area contributed by atoms with Gasteiger partial charge in [0, 0.05) is 35.9 Å². The molecule has 0 bridgehead atoms. The lowest BCUT2D eigenvalue weighted by Gasteiger charge is -1.97. The van der Waals surface area contributed by atoms with Crippen molar-refractivity contribution in [1.29, 1.82) is 0 Å². The maximum atomic E-state index is 11.2. The van der Waals surface area contributed by atoms with Crippen molar-refractivity contribution in [3.8, 4) is 0 Å². The minimum absolute atomic E-state index is 0.153. The summed E-state index contributed by atoms with van der Waals surface area (Å²) in [5, 5.41) is 6.64. The lowest BCUT2D eigenvalue weighted by Crippen LogP contribution is -2.21. The summed E-state index contributed by atoms with van der Waals surface area (Å²) in [5.41, 5.74) is 0.894. The Kier molecular flexibility index (Phi) is 4.30. The van der Waals surface area contributed by atoms with Gasteiger partial charge in [0.2, 0.25) is 5.91 Å². The number of rotatable bonds is 4. The molecule has 0 aliphatic carbocycles. The average molecular weight is 270 g/mol. The van der Waals surface area contributed by atoms with Gasteiger partial charge in [-0.1, -0.05) is 22.5 Å². The first-order valence-electron chi connectivity index (χ1n) is 4.36. The fourth-order valence-electron chi connectivity index (χ4n) is 0.940. The van der Waals surface area contributed by atoms with Crippen LogP contribution >= 0.6 is 15.9 Å². The average Bonchev–Trinajstić information content (AvgIpc) is 2.58. The molecule has 0 saturated carbocycles. The summed E-state index contributed by atoms with van der Waals surface area (Å²) in [6, 6.07) is 0. The normalized spacial score (nSPS) is 10.5. The predicted octanol–water partition coefficient (Wildman–Crippen LogP) is 1.46. The molecule has 1 aromatic heterocycles. The van der Waals surface area contributed by atoms with E-state index in [2.05, 4.69) is 32.9 Å². The number of aryl methyl sites for hydroxylation is 1. The van der Waals surface area contributed by atoms with E-state index in [1.54, 1.807) is 17.0 Å². The van der Waals surface area contributed by atoms with Crippen molar-refractivity contribution in [2.75, 3.05) is 6.54 Å². The van der Waals surface area contributed by atoms with E-state index in [0.29, 0.717) is 6.54 Å². The number of halogens is 1. The molecule has 0 radical (unpaired) electrons. The highest BCUT2D eigenvalue weighted by Gasteiger charge is 1.95. The zero-order chi connectivity index (χ0) is 11.3. The van der Waals surface area contributed by atoms with Crippen LogP contribution in [-0.2, 0) is 11.8 Å². The van der Waals surface area contributed by atoms with E-state index >= 15 is 0 Å². The van der Waals surface area contributed by atoms with Gasteiger partial charge < -0.3 is 5.32 Å². The van der Waals surface area contributed by atoms with Crippen LogP contribution < -0.4 is 5.32 Å². The number of hydrogen-bond donors (Lipinski definition) is 1. The molecular formula is C10H12BrN3O. The van der Waals surface area contributed by atoms with Crippen LogP contribution in [0.5, 0.6) is 0 Å². The molecule has 5 heteroatoms. The summed E-state index contributed by atoms with van der Waals surface area (Å²) >= 11 is 3.16. The van der Waals surface area contributed by atoms with Crippen LogP contribution in [0.25, 0.3) is 6.08 Å². The molecule has 0 atom stereocenters. The first-order valence-corrected chi connectivity index (χ1v) is 5.15. The van der Waals surface area contributed by atoms with E-state index in [9.17, 15) is 4.79 Å². The third-order valence-electron chi connectivity index (χ3n) is 1.61.